The lowest BCUT2D eigenvalue weighted by atomic mass is 10.3. The van der Waals surface area contributed by atoms with Crippen LogP contribution in [0.3, 0.4) is 0 Å². The Hall–Kier alpha value is -1.77. The molecule has 0 aliphatic heterocycles. The molecule has 1 atom stereocenters. The van der Waals surface area contributed by atoms with E-state index >= 15 is 0 Å². The molecule has 2 aromatic rings. The Bertz CT molecular complexity index is 681. The van der Waals surface area contributed by atoms with E-state index in [2.05, 4.69) is 4.72 Å². The van der Waals surface area contributed by atoms with Gasteiger partial charge in [-0.25, -0.2) is 21.9 Å². The SMILES string of the molecule is CO[C@@H](CNS(=O)(=O)c1c(F)cccc1F)c1ccco1. The van der Waals surface area contributed by atoms with Gasteiger partial charge in [-0.3, -0.25) is 0 Å². The van der Waals surface area contributed by atoms with Gasteiger partial charge in [-0.05, 0) is 24.3 Å². The minimum atomic E-state index is -4.34. The first-order valence-electron chi connectivity index (χ1n) is 5.95. The maximum atomic E-state index is 13.5. The molecule has 0 saturated heterocycles. The molecule has 2 rings (SSSR count). The summed E-state index contributed by atoms with van der Waals surface area (Å²) in [5, 5.41) is 0. The van der Waals surface area contributed by atoms with E-state index in [0.717, 1.165) is 18.2 Å². The van der Waals surface area contributed by atoms with Crippen LogP contribution < -0.4 is 4.72 Å². The number of benzene rings is 1. The van der Waals surface area contributed by atoms with Gasteiger partial charge in [0, 0.05) is 13.7 Å². The molecule has 5 nitrogen and oxygen atoms in total. The number of nitrogens with one attached hydrogen (secondary N) is 1. The molecule has 0 aliphatic carbocycles. The molecule has 1 N–H and O–H groups in total. The van der Waals surface area contributed by atoms with Crippen LogP contribution >= 0.6 is 0 Å². The topological polar surface area (TPSA) is 68.5 Å². The first kappa shape index (κ1) is 15.6. The zero-order valence-electron chi connectivity index (χ0n) is 11.0. The van der Waals surface area contributed by atoms with E-state index in [4.69, 9.17) is 9.15 Å². The zero-order valence-corrected chi connectivity index (χ0v) is 11.9. The summed E-state index contributed by atoms with van der Waals surface area (Å²) in [4.78, 5) is -1.01. The molecule has 1 aromatic heterocycles. The summed E-state index contributed by atoms with van der Waals surface area (Å²) < 4.78 is 63.3. The van der Waals surface area contributed by atoms with Crippen molar-refractivity contribution >= 4 is 10.0 Å². The monoisotopic (exact) mass is 317 g/mol. The Morgan fingerprint density at radius 3 is 2.43 bits per heavy atom. The number of hydrogen-bond acceptors (Lipinski definition) is 4. The molecule has 0 aliphatic rings. The van der Waals surface area contributed by atoms with Crippen molar-refractivity contribution in [2.45, 2.75) is 11.0 Å². The van der Waals surface area contributed by atoms with Gasteiger partial charge in [0.15, 0.2) is 4.90 Å². The number of rotatable bonds is 6. The molecule has 8 heteroatoms. The molecule has 0 unspecified atom stereocenters. The van der Waals surface area contributed by atoms with Gasteiger partial charge in [0.1, 0.15) is 23.5 Å². The normalized spacial score (nSPS) is 13.3. The third-order valence-electron chi connectivity index (χ3n) is 2.79. The van der Waals surface area contributed by atoms with Crippen LogP contribution in [0.25, 0.3) is 0 Å². The maximum absolute atomic E-state index is 13.5. The molecule has 21 heavy (non-hydrogen) atoms. The van der Waals surface area contributed by atoms with Crippen LogP contribution in [0.1, 0.15) is 11.9 Å². The fourth-order valence-corrected chi connectivity index (χ4v) is 2.94. The second-order valence-corrected chi connectivity index (χ2v) is 5.85. The van der Waals surface area contributed by atoms with Crippen molar-refractivity contribution in [1.29, 1.82) is 0 Å². The van der Waals surface area contributed by atoms with Crippen LogP contribution in [0.4, 0.5) is 8.78 Å². The van der Waals surface area contributed by atoms with Crippen molar-refractivity contribution in [2.24, 2.45) is 0 Å². The van der Waals surface area contributed by atoms with Gasteiger partial charge in [0.05, 0.1) is 6.26 Å². The van der Waals surface area contributed by atoms with Crippen LogP contribution in [0.5, 0.6) is 0 Å². The van der Waals surface area contributed by atoms with Gasteiger partial charge >= 0.3 is 0 Å². The van der Waals surface area contributed by atoms with E-state index in [9.17, 15) is 17.2 Å². The highest BCUT2D eigenvalue weighted by Gasteiger charge is 2.25. The van der Waals surface area contributed by atoms with Gasteiger partial charge in [-0.15, -0.1) is 0 Å². The smallest absolute Gasteiger partial charge is 0.246 e. The van der Waals surface area contributed by atoms with E-state index < -0.39 is 32.7 Å². The van der Waals surface area contributed by atoms with E-state index in [0.29, 0.717) is 5.76 Å². The molecule has 0 radical (unpaired) electrons. The average molecular weight is 317 g/mol. The average Bonchev–Trinajstić information content (AvgIpc) is 2.93. The summed E-state index contributed by atoms with van der Waals surface area (Å²) in [7, 11) is -2.97. The molecule has 0 fully saturated rings. The molecular formula is C13H13F2NO4S. The summed E-state index contributed by atoms with van der Waals surface area (Å²) in [6.07, 6.45) is 0.705. The molecule has 0 amide bonds. The highest BCUT2D eigenvalue weighted by atomic mass is 32.2. The van der Waals surface area contributed by atoms with E-state index in [1.165, 1.54) is 13.4 Å². The standard InChI is InChI=1S/C13H13F2NO4S/c1-19-12(11-6-3-7-20-11)8-16-21(17,18)13-9(14)4-2-5-10(13)15/h2-7,12,16H,8H2,1H3/t12-/m0/s1. The molecule has 0 saturated carbocycles. The fourth-order valence-electron chi connectivity index (χ4n) is 1.77. The fraction of sp³-hybridized carbons (Fsp3) is 0.231. The number of ether oxygens (including phenoxy) is 1. The lowest BCUT2D eigenvalue weighted by molar-refractivity contribution is 0.0878. The molecule has 1 heterocycles. The van der Waals surface area contributed by atoms with Gasteiger partial charge in [-0.1, -0.05) is 6.07 Å². The van der Waals surface area contributed by atoms with Crippen molar-refractivity contribution in [1.82, 2.24) is 4.72 Å². The van der Waals surface area contributed by atoms with Crippen molar-refractivity contribution < 1.29 is 26.4 Å². The van der Waals surface area contributed by atoms with Crippen molar-refractivity contribution in [3.63, 3.8) is 0 Å². The molecule has 0 bridgehead atoms. The van der Waals surface area contributed by atoms with E-state index in [1.807, 2.05) is 0 Å². The van der Waals surface area contributed by atoms with Crippen LogP contribution in [0, 0.1) is 11.6 Å². The highest BCUT2D eigenvalue weighted by molar-refractivity contribution is 7.89. The highest BCUT2D eigenvalue weighted by Crippen LogP contribution is 2.20. The lowest BCUT2D eigenvalue weighted by Crippen LogP contribution is -2.30. The first-order valence-corrected chi connectivity index (χ1v) is 7.44. The Balaban J connectivity index is 2.18. The largest absolute Gasteiger partial charge is 0.467 e. The Kier molecular flexibility index (Phi) is 4.71. The number of hydrogen-bond donors (Lipinski definition) is 1. The summed E-state index contributed by atoms with van der Waals surface area (Å²) in [5.74, 6) is -1.92. The van der Waals surface area contributed by atoms with Crippen LogP contribution in [0.15, 0.2) is 45.9 Å². The van der Waals surface area contributed by atoms with Gasteiger partial charge < -0.3 is 9.15 Å². The Morgan fingerprint density at radius 2 is 1.90 bits per heavy atom. The number of furan rings is 1. The van der Waals surface area contributed by atoms with Crippen LogP contribution in [0.2, 0.25) is 0 Å². The number of sulfonamides is 1. The summed E-state index contributed by atoms with van der Waals surface area (Å²) in [5.41, 5.74) is 0. The van der Waals surface area contributed by atoms with Gasteiger partial charge in [0.25, 0.3) is 0 Å². The molecule has 1 aromatic carbocycles. The molecule has 0 spiro atoms. The minimum absolute atomic E-state index is 0.222. The van der Waals surface area contributed by atoms with Crippen molar-refractivity contribution in [3.05, 3.63) is 54.0 Å². The summed E-state index contributed by atoms with van der Waals surface area (Å²) in [6.45, 7) is -0.222. The predicted octanol–water partition coefficient (Wildman–Crippen LogP) is 2.22. The second-order valence-electron chi connectivity index (χ2n) is 4.14. The summed E-state index contributed by atoms with van der Waals surface area (Å²) in [6, 6.07) is 6.05. The molecular weight excluding hydrogens is 304 g/mol. The Morgan fingerprint density at radius 1 is 1.24 bits per heavy atom. The zero-order chi connectivity index (χ0) is 15.5. The third kappa shape index (κ3) is 3.46. The van der Waals surface area contributed by atoms with Gasteiger partial charge in [0.2, 0.25) is 10.0 Å². The minimum Gasteiger partial charge on any atom is -0.467 e. The summed E-state index contributed by atoms with van der Waals surface area (Å²) >= 11 is 0. The lowest BCUT2D eigenvalue weighted by Gasteiger charge is -2.14. The number of halogens is 2. The van der Waals surface area contributed by atoms with Gasteiger partial charge in [-0.2, -0.15) is 0 Å². The maximum Gasteiger partial charge on any atom is 0.246 e. The van der Waals surface area contributed by atoms with Crippen molar-refractivity contribution in [2.75, 3.05) is 13.7 Å². The van der Waals surface area contributed by atoms with Crippen LogP contribution in [-0.2, 0) is 14.8 Å². The third-order valence-corrected chi connectivity index (χ3v) is 4.27. The molecule has 114 valence electrons. The number of methoxy groups -OCH3 is 1. The van der Waals surface area contributed by atoms with E-state index in [-0.39, 0.29) is 6.54 Å². The quantitative estimate of drug-likeness (QED) is 0.887. The second kappa shape index (κ2) is 6.33. The van der Waals surface area contributed by atoms with E-state index in [1.54, 1.807) is 12.1 Å². The Labute approximate surface area is 120 Å². The van der Waals surface area contributed by atoms with Crippen molar-refractivity contribution in [3.8, 4) is 0 Å². The predicted molar refractivity (Wildman–Crippen MR) is 70.0 cm³/mol. The first-order chi connectivity index (χ1) is 9.95. The van der Waals surface area contributed by atoms with Crippen LogP contribution in [-0.4, -0.2) is 22.1 Å².